The van der Waals surface area contributed by atoms with Crippen LogP contribution in [0.1, 0.15) is 29.2 Å². The molecule has 3 aromatic rings. The summed E-state index contributed by atoms with van der Waals surface area (Å²) in [5.74, 6) is 0.669. The molecular formula is C21H25N3O2S. The van der Waals surface area contributed by atoms with Crippen LogP contribution in [-0.2, 0) is 11.3 Å². The third-order valence-electron chi connectivity index (χ3n) is 4.85. The minimum atomic E-state index is -0.537. The Morgan fingerprint density at radius 2 is 1.89 bits per heavy atom. The summed E-state index contributed by atoms with van der Waals surface area (Å²) in [6, 6.07) is 13.2. The maximum Gasteiger partial charge on any atom is 0.327 e. The predicted octanol–water partition coefficient (Wildman–Crippen LogP) is 3.56. The Labute approximate surface area is 163 Å². The summed E-state index contributed by atoms with van der Waals surface area (Å²) in [4.78, 5) is 28.5. The molecule has 0 saturated carbocycles. The molecule has 0 fully saturated rings. The first-order valence-corrected chi connectivity index (χ1v) is 10.4. The number of benzene rings is 2. The maximum absolute atomic E-state index is 13.0. The Morgan fingerprint density at radius 3 is 2.59 bits per heavy atom. The number of fused-ring (bicyclic) bond motifs is 1. The van der Waals surface area contributed by atoms with Crippen LogP contribution in [0.5, 0.6) is 0 Å². The number of aromatic amines is 1. The largest absolute Gasteiger partial charge is 0.350 e. The average molecular weight is 384 g/mol. The van der Waals surface area contributed by atoms with Crippen LogP contribution in [-0.4, -0.2) is 27.5 Å². The van der Waals surface area contributed by atoms with Gasteiger partial charge in [-0.15, -0.1) is 0 Å². The zero-order valence-corrected chi connectivity index (χ0v) is 16.7. The first-order valence-electron chi connectivity index (χ1n) is 9.03. The summed E-state index contributed by atoms with van der Waals surface area (Å²) in [7, 11) is 0. The van der Waals surface area contributed by atoms with Gasteiger partial charge in [-0.3, -0.25) is 9.36 Å². The van der Waals surface area contributed by atoms with Gasteiger partial charge in [0.1, 0.15) is 6.04 Å². The van der Waals surface area contributed by atoms with E-state index in [1.807, 2.05) is 62.6 Å². The lowest BCUT2D eigenvalue weighted by Crippen LogP contribution is -2.36. The van der Waals surface area contributed by atoms with E-state index in [9.17, 15) is 9.59 Å². The number of H-pyrrole nitrogens is 1. The average Bonchev–Trinajstić information content (AvgIpc) is 2.96. The first-order chi connectivity index (χ1) is 13.0. The monoisotopic (exact) mass is 383 g/mol. The Balaban J connectivity index is 1.93. The van der Waals surface area contributed by atoms with Crippen molar-refractivity contribution in [3.63, 3.8) is 0 Å². The summed E-state index contributed by atoms with van der Waals surface area (Å²) in [5.41, 5.74) is 4.56. The molecule has 0 spiro atoms. The summed E-state index contributed by atoms with van der Waals surface area (Å²) < 4.78 is 1.61. The van der Waals surface area contributed by atoms with E-state index in [2.05, 4.69) is 10.3 Å². The molecule has 1 atom stereocenters. The molecule has 0 aliphatic carbocycles. The fraction of sp³-hybridized carbons (Fsp3) is 0.333. The second kappa shape index (κ2) is 8.48. The number of carbonyl (C=O) groups is 1. The zero-order valence-electron chi connectivity index (χ0n) is 15.9. The quantitative estimate of drug-likeness (QED) is 0.656. The van der Waals surface area contributed by atoms with Gasteiger partial charge in [0.15, 0.2) is 0 Å². The first kappa shape index (κ1) is 19.3. The van der Waals surface area contributed by atoms with Gasteiger partial charge in [0.25, 0.3) is 0 Å². The summed E-state index contributed by atoms with van der Waals surface area (Å²) in [6.07, 6.45) is 2.60. The van der Waals surface area contributed by atoms with Gasteiger partial charge in [0, 0.05) is 6.54 Å². The van der Waals surface area contributed by atoms with Gasteiger partial charge in [-0.2, -0.15) is 11.8 Å². The number of aromatic nitrogens is 2. The number of imidazole rings is 1. The van der Waals surface area contributed by atoms with Crippen LogP contribution >= 0.6 is 11.8 Å². The molecule has 0 bridgehead atoms. The maximum atomic E-state index is 13.0. The third-order valence-corrected chi connectivity index (χ3v) is 5.50. The highest BCUT2D eigenvalue weighted by Gasteiger charge is 2.24. The number of amides is 1. The van der Waals surface area contributed by atoms with Gasteiger partial charge in [-0.25, -0.2) is 4.79 Å². The van der Waals surface area contributed by atoms with Crippen LogP contribution in [0.4, 0.5) is 0 Å². The number of aryl methyl sites for hydroxylation is 2. The van der Waals surface area contributed by atoms with Crippen LogP contribution in [0.25, 0.3) is 11.0 Å². The molecule has 1 unspecified atom stereocenters. The molecule has 2 aromatic carbocycles. The van der Waals surface area contributed by atoms with Crippen LogP contribution < -0.4 is 11.0 Å². The number of thioether (sulfide) groups is 1. The molecule has 1 aromatic heterocycles. The van der Waals surface area contributed by atoms with Crippen LogP contribution in [0.3, 0.4) is 0 Å². The Hall–Kier alpha value is -2.47. The molecule has 2 N–H and O–H groups in total. The molecule has 142 valence electrons. The van der Waals surface area contributed by atoms with Crippen molar-refractivity contribution in [1.29, 1.82) is 0 Å². The number of nitrogens with zero attached hydrogens (tertiary/aromatic N) is 1. The third kappa shape index (κ3) is 4.27. The molecule has 6 heteroatoms. The lowest BCUT2D eigenvalue weighted by molar-refractivity contribution is -0.124. The Morgan fingerprint density at radius 1 is 1.19 bits per heavy atom. The number of hydrogen-bond acceptors (Lipinski definition) is 3. The van der Waals surface area contributed by atoms with Gasteiger partial charge in [-0.05, 0) is 61.1 Å². The van der Waals surface area contributed by atoms with Crippen molar-refractivity contribution in [1.82, 2.24) is 14.9 Å². The second-order valence-corrected chi connectivity index (χ2v) is 7.74. The number of carbonyl (C=O) groups excluding carboxylic acids is 1. The fourth-order valence-corrected chi connectivity index (χ4v) is 3.66. The van der Waals surface area contributed by atoms with Crippen molar-refractivity contribution in [3.8, 4) is 0 Å². The fourth-order valence-electron chi connectivity index (χ4n) is 3.20. The van der Waals surface area contributed by atoms with Crippen molar-refractivity contribution in [2.45, 2.75) is 32.9 Å². The number of rotatable bonds is 7. The van der Waals surface area contributed by atoms with E-state index in [4.69, 9.17) is 0 Å². The molecule has 0 radical (unpaired) electrons. The van der Waals surface area contributed by atoms with E-state index in [0.717, 1.165) is 33.5 Å². The van der Waals surface area contributed by atoms with Gasteiger partial charge in [0.2, 0.25) is 5.91 Å². The molecule has 1 amide bonds. The van der Waals surface area contributed by atoms with Crippen molar-refractivity contribution in [2.75, 3.05) is 12.0 Å². The van der Waals surface area contributed by atoms with E-state index >= 15 is 0 Å². The Kier molecular flexibility index (Phi) is 6.06. The van der Waals surface area contributed by atoms with Gasteiger partial charge >= 0.3 is 5.69 Å². The standard InChI is InChI=1S/C21H25N3O2S/c1-14-11-17-19(12-15(14)2)24(21(26)23-17)18(9-10-27-3)20(25)22-13-16-7-5-4-6-8-16/h4-8,11-12,18H,9-10,13H2,1-3H3,(H,22,25)(H,23,26). The lowest BCUT2D eigenvalue weighted by atomic mass is 10.1. The molecule has 0 saturated heterocycles. The highest BCUT2D eigenvalue weighted by molar-refractivity contribution is 7.98. The minimum absolute atomic E-state index is 0.130. The molecule has 1 heterocycles. The topological polar surface area (TPSA) is 66.9 Å². The smallest absolute Gasteiger partial charge is 0.327 e. The molecule has 3 rings (SSSR count). The van der Waals surface area contributed by atoms with E-state index in [0.29, 0.717) is 13.0 Å². The van der Waals surface area contributed by atoms with E-state index in [1.165, 1.54) is 0 Å². The molecule has 0 aliphatic heterocycles. The number of nitrogens with one attached hydrogen (secondary N) is 2. The van der Waals surface area contributed by atoms with Crippen molar-refractivity contribution in [3.05, 3.63) is 69.6 Å². The molecule has 27 heavy (non-hydrogen) atoms. The van der Waals surface area contributed by atoms with Crippen molar-refractivity contribution in [2.24, 2.45) is 0 Å². The number of hydrogen-bond donors (Lipinski definition) is 2. The van der Waals surface area contributed by atoms with Gasteiger partial charge in [-0.1, -0.05) is 30.3 Å². The van der Waals surface area contributed by atoms with Crippen molar-refractivity contribution < 1.29 is 4.79 Å². The molecule has 5 nitrogen and oxygen atoms in total. The molecular weight excluding hydrogens is 358 g/mol. The zero-order chi connectivity index (χ0) is 19.4. The SMILES string of the molecule is CSCCC(C(=O)NCc1ccccc1)n1c(=O)[nH]c2cc(C)c(C)cc21. The van der Waals surface area contributed by atoms with Gasteiger partial charge < -0.3 is 10.3 Å². The highest BCUT2D eigenvalue weighted by Crippen LogP contribution is 2.22. The Bertz CT molecular complexity index is 992. The van der Waals surface area contributed by atoms with E-state index in [-0.39, 0.29) is 11.6 Å². The summed E-state index contributed by atoms with van der Waals surface area (Å²) >= 11 is 1.67. The normalized spacial score (nSPS) is 12.3. The molecule has 0 aliphatic rings. The summed E-state index contributed by atoms with van der Waals surface area (Å²) in [6.45, 7) is 4.48. The van der Waals surface area contributed by atoms with E-state index in [1.54, 1.807) is 16.3 Å². The minimum Gasteiger partial charge on any atom is -0.350 e. The predicted molar refractivity (Wildman–Crippen MR) is 112 cm³/mol. The van der Waals surface area contributed by atoms with E-state index < -0.39 is 6.04 Å². The van der Waals surface area contributed by atoms with Crippen LogP contribution in [0.15, 0.2) is 47.3 Å². The summed E-state index contributed by atoms with van der Waals surface area (Å²) in [5, 5.41) is 2.99. The van der Waals surface area contributed by atoms with Crippen molar-refractivity contribution >= 4 is 28.7 Å². The van der Waals surface area contributed by atoms with Gasteiger partial charge in [0.05, 0.1) is 11.0 Å². The second-order valence-electron chi connectivity index (χ2n) is 6.75. The van der Waals surface area contributed by atoms with Crippen LogP contribution in [0, 0.1) is 13.8 Å². The lowest BCUT2D eigenvalue weighted by Gasteiger charge is -2.18. The van der Waals surface area contributed by atoms with Crippen LogP contribution in [0.2, 0.25) is 0 Å². The highest BCUT2D eigenvalue weighted by atomic mass is 32.2.